The van der Waals surface area contributed by atoms with Crippen molar-refractivity contribution in [1.29, 1.82) is 0 Å². The van der Waals surface area contributed by atoms with Gasteiger partial charge in [0.15, 0.2) is 0 Å². The number of carbonyl (C=O) groups excluding carboxylic acids is 2. The first-order valence-corrected chi connectivity index (χ1v) is 6.85. The average molecular weight is 278 g/mol. The van der Waals surface area contributed by atoms with Crippen molar-refractivity contribution < 1.29 is 14.7 Å². The summed E-state index contributed by atoms with van der Waals surface area (Å²) in [7, 11) is 0. The normalized spacial score (nSPS) is 11.8. The Morgan fingerprint density at radius 1 is 1.30 bits per heavy atom. The second kappa shape index (κ2) is 8.32. The SMILES string of the molecule is CCc1cccc(NC(=O)C(=O)NCC(C)CCO)c1. The quantitative estimate of drug-likeness (QED) is 0.687. The van der Waals surface area contributed by atoms with Gasteiger partial charge in [0.1, 0.15) is 0 Å². The summed E-state index contributed by atoms with van der Waals surface area (Å²) in [5, 5.41) is 13.9. The molecular formula is C15H22N2O3. The third-order valence-corrected chi connectivity index (χ3v) is 3.03. The minimum Gasteiger partial charge on any atom is -0.396 e. The standard InChI is InChI=1S/C15H22N2O3/c1-3-12-5-4-6-13(9-12)17-15(20)14(19)16-10-11(2)7-8-18/h4-6,9,11,18H,3,7-8,10H2,1-2H3,(H,16,19)(H,17,20). The van der Waals surface area contributed by atoms with Crippen molar-refractivity contribution in [2.45, 2.75) is 26.7 Å². The highest BCUT2D eigenvalue weighted by Gasteiger charge is 2.14. The molecule has 0 saturated heterocycles. The van der Waals surface area contributed by atoms with Gasteiger partial charge in [-0.2, -0.15) is 0 Å². The van der Waals surface area contributed by atoms with Gasteiger partial charge in [-0.1, -0.05) is 26.0 Å². The lowest BCUT2D eigenvalue weighted by Gasteiger charge is -2.11. The number of hydrogen-bond donors (Lipinski definition) is 3. The molecule has 0 aliphatic rings. The Labute approximate surface area is 119 Å². The number of aliphatic hydroxyl groups excluding tert-OH is 1. The molecule has 1 aromatic rings. The molecule has 0 aliphatic heterocycles. The summed E-state index contributed by atoms with van der Waals surface area (Å²) in [6.45, 7) is 4.38. The lowest BCUT2D eigenvalue weighted by molar-refractivity contribution is -0.136. The number of rotatable bonds is 6. The van der Waals surface area contributed by atoms with Crippen molar-refractivity contribution >= 4 is 17.5 Å². The molecule has 3 N–H and O–H groups in total. The van der Waals surface area contributed by atoms with E-state index in [1.807, 2.05) is 32.0 Å². The van der Waals surface area contributed by atoms with E-state index in [0.29, 0.717) is 18.7 Å². The van der Waals surface area contributed by atoms with E-state index in [0.717, 1.165) is 12.0 Å². The first-order chi connectivity index (χ1) is 9.56. The van der Waals surface area contributed by atoms with Gasteiger partial charge in [-0.15, -0.1) is 0 Å². The van der Waals surface area contributed by atoms with Gasteiger partial charge in [0, 0.05) is 18.8 Å². The number of amides is 2. The molecule has 0 spiro atoms. The molecule has 0 aromatic heterocycles. The van der Waals surface area contributed by atoms with Crippen LogP contribution in [0.2, 0.25) is 0 Å². The van der Waals surface area contributed by atoms with Gasteiger partial charge in [-0.25, -0.2) is 0 Å². The van der Waals surface area contributed by atoms with Crippen molar-refractivity contribution in [3.05, 3.63) is 29.8 Å². The Balaban J connectivity index is 2.47. The maximum atomic E-state index is 11.7. The number of anilines is 1. The Morgan fingerprint density at radius 2 is 2.05 bits per heavy atom. The Kier molecular flexibility index (Phi) is 6.73. The lowest BCUT2D eigenvalue weighted by atomic mass is 10.1. The number of nitrogens with one attached hydrogen (secondary N) is 2. The maximum Gasteiger partial charge on any atom is 0.313 e. The lowest BCUT2D eigenvalue weighted by Crippen LogP contribution is -2.37. The van der Waals surface area contributed by atoms with Crippen LogP contribution in [0.1, 0.15) is 25.8 Å². The fourth-order valence-electron chi connectivity index (χ4n) is 1.73. The van der Waals surface area contributed by atoms with E-state index >= 15 is 0 Å². The maximum absolute atomic E-state index is 11.7. The van der Waals surface area contributed by atoms with E-state index in [2.05, 4.69) is 10.6 Å². The average Bonchev–Trinajstić information content (AvgIpc) is 2.45. The largest absolute Gasteiger partial charge is 0.396 e. The Morgan fingerprint density at radius 3 is 2.70 bits per heavy atom. The van der Waals surface area contributed by atoms with Gasteiger partial charge in [-0.3, -0.25) is 9.59 Å². The molecule has 1 unspecified atom stereocenters. The number of carbonyl (C=O) groups is 2. The molecule has 0 bridgehead atoms. The smallest absolute Gasteiger partial charge is 0.313 e. The predicted molar refractivity (Wildman–Crippen MR) is 78.3 cm³/mol. The first kappa shape index (κ1) is 16.2. The second-order valence-electron chi connectivity index (χ2n) is 4.84. The van der Waals surface area contributed by atoms with E-state index in [4.69, 9.17) is 5.11 Å². The van der Waals surface area contributed by atoms with E-state index < -0.39 is 11.8 Å². The third-order valence-electron chi connectivity index (χ3n) is 3.03. The van der Waals surface area contributed by atoms with E-state index in [1.165, 1.54) is 0 Å². The topological polar surface area (TPSA) is 78.4 Å². The van der Waals surface area contributed by atoms with Crippen LogP contribution in [-0.2, 0) is 16.0 Å². The van der Waals surface area contributed by atoms with Crippen LogP contribution in [0.15, 0.2) is 24.3 Å². The summed E-state index contributed by atoms with van der Waals surface area (Å²) in [5.74, 6) is -1.19. The first-order valence-electron chi connectivity index (χ1n) is 6.85. The highest BCUT2D eigenvalue weighted by molar-refractivity contribution is 6.39. The summed E-state index contributed by atoms with van der Waals surface area (Å²) in [6.07, 6.45) is 1.47. The van der Waals surface area contributed by atoms with Crippen molar-refractivity contribution in [2.75, 3.05) is 18.5 Å². The minimum absolute atomic E-state index is 0.0764. The van der Waals surface area contributed by atoms with E-state index in [-0.39, 0.29) is 12.5 Å². The Hall–Kier alpha value is -1.88. The number of aliphatic hydroxyl groups is 1. The van der Waals surface area contributed by atoms with Gasteiger partial charge in [0.25, 0.3) is 0 Å². The van der Waals surface area contributed by atoms with Crippen molar-refractivity contribution in [2.24, 2.45) is 5.92 Å². The van der Waals surface area contributed by atoms with Gasteiger partial charge >= 0.3 is 11.8 Å². The highest BCUT2D eigenvalue weighted by atomic mass is 16.3. The molecule has 110 valence electrons. The second-order valence-corrected chi connectivity index (χ2v) is 4.84. The molecule has 20 heavy (non-hydrogen) atoms. The summed E-state index contributed by atoms with van der Waals surface area (Å²) in [5.41, 5.74) is 1.72. The molecular weight excluding hydrogens is 256 g/mol. The van der Waals surface area contributed by atoms with Crippen LogP contribution in [0.3, 0.4) is 0 Å². The molecule has 1 aromatic carbocycles. The van der Waals surface area contributed by atoms with Crippen LogP contribution in [0.5, 0.6) is 0 Å². The number of benzene rings is 1. The molecule has 1 atom stereocenters. The van der Waals surface area contributed by atoms with Crippen molar-refractivity contribution in [1.82, 2.24) is 5.32 Å². The van der Waals surface area contributed by atoms with Crippen LogP contribution in [0.25, 0.3) is 0 Å². The zero-order valence-electron chi connectivity index (χ0n) is 12.0. The van der Waals surface area contributed by atoms with Gasteiger partial charge in [0.2, 0.25) is 0 Å². The van der Waals surface area contributed by atoms with Crippen LogP contribution >= 0.6 is 0 Å². The molecule has 0 heterocycles. The van der Waals surface area contributed by atoms with E-state index in [1.54, 1.807) is 6.07 Å². The highest BCUT2D eigenvalue weighted by Crippen LogP contribution is 2.10. The molecule has 5 heteroatoms. The predicted octanol–water partition coefficient (Wildman–Crippen LogP) is 1.32. The molecule has 2 amide bonds. The molecule has 0 aliphatic carbocycles. The van der Waals surface area contributed by atoms with Gasteiger partial charge in [-0.05, 0) is 36.5 Å². The molecule has 1 rings (SSSR count). The summed E-state index contributed by atoms with van der Waals surface area (Å²) in [4.78, 5) is 23.3. The third kappa shape index (κ3) is 5.40. The zero-order chi connectivity index (χ0) is 15.0. The fraction of sp³-hybridized carbons (Fsp3) is 0.467. The molecule has 0 fully saturated rings. The molecule has 0 saturated carbocycles. The zero-order valence-corrected chi connectivity index (χ0v) is 12.0. The van der Waals surface area contributed by atoms with Gasteiger partial charge in [0.05, 0.1) is 0 Å². The fourth-order valence-corrected chi connectivity index (χ4v) is 1.73. The van der Waals surface area contributed by atoms with Crippen LogP contribution in [0.4, 0.5) is 5.69 Å². The van der Waals surface area contributed by atoms with Crippen molar-refractivity contribution in [3.63, 3.8) is 0 Å². The van der Waals surface area contributed by atoms with Crippen LogP contribution in [-0.4, -0.2) is 30.1 Å². The summed E-state index contributed by atoms with van der Waals surface area (Å²) >= 11 is 0. The number of aryl methyl sites for hydroxylation is 1. The molecule has 0 radical (unpaired) electrons. The summed E-state index contributed by atoms with van der Waals surface area (Å²) < 4.78 is 0. The summed E-state index contributed by atoms with van der Waals surface area (Å²) in [6, 6.07) is 7.40. The number of hydrogen-bond acceptors (Lipinski definition) is 3. The van der Waals surface area contributed by atoms with E-state index in [9.17, 15) is 9.59 Å². The molecule has 5 nitrogen and oxygen atoms in total. The minimum atomic E-state index is -0.672. The van der Waals surface area contributed by atoms with Crippen LogP contribution in [0, 0.1) is 5.92 Å². The van der Waals surface area contributed by atoms with Crippen molar-refractivity contribution in [3.8, 4) is 0 Å². The van der Waals surface area contributed by atoms with Gasteiger partial charge < -0.3 is 15.7 Å². The van der Waals surface area contributed by atoms with Crippen LogP contribution < -0.4 is 10.6 Å². The Bertz CT molecular complexity index is 460. The monoisotopic (exact) mass is 278 g/mol.